The van der Waals surface area contributed by atoms with Gasteiger partial charge in [0.2, 0.25) is 0 Å². The molecule has 0 aliphatic carbocycles. The zero-order chi connectivity index (χ0) is 15.0. The van der Waals surface area contributed by atoms with Gasteiger partial charge in [0, 0.05) is 0 Å². The third-order valence-corrected chi connectivity index (χ3v) is 3.69. The third-order valence-electron chi connectivity index (χ3n) is 3.21. The average molecular weight is 315 g/mol. The van der Waals surface area contributed by atoms with Crippen molar-refractivity contribution in [3.63, 3.8) is 0 Å². The van der Waals surface area contributed by atoms with E-state index in [4.69, 9.17) is 20.3 Å². The van der Waals surface area contributed by atoms with E-state index in [1.54, 1.807) is 10.9 Å². The topological polar surface area (TPSA) is 146 Å². The molecule has 2 atom stereocenters. The molecular formula is C10H14N5O5P. The molecule has 2 aromatic rings. The van der Waals surface area contributed by atoms with E-state index in [0.717, 1.165) is 0 Å². The molecule has 0 unspecified atom stereocenters. The molecule has 0 aromatic carbocycles. The lowest BCUT2D eigenvalue weighted by molar-refractivity contribution is -0.0259. The molecular weight excluding hydrogens is 301 g/mol. The molecule has 1 aliphatic rings. The zero-order valence-corrected chi connectivity index (χ0v) is 11.8. The van der Waals surface area contributed by atoms with Crippen LogP contribution in [0, 0.1) is 0 Å². The van der Waals surface area contributed by atoms with E-state index in [-0.39, 0.29) is 12.8 Å². The number of hydrogen-bond acceptors (Lipinski definition) is 7. The Morgan fingerprint density at radius 3 is 3.05 bits per heavy atom. The van der Waals surface area contributed by atoms with E-state index >= 15 is 0 Å². The summed E-state index contributed by atoms with van der Waals surface area (Å²) in [5, 5.41) is 4.83. The van der Waals surface area contributed by atoms with Crippen LogP contribution >= 0.6 is 7.82 Å². The molecule has 21 heavy (non-hydrogen) atoms. The Balaban J connectivity index is 1.73. The molecule has 10 nitrogen and oxygen atoms in total. The molecule has 11 heteroatoms. The summed E-state index contributed by atoms with van der Waals surface area (Å²) in [7, 11) is -4.48. The Morgan fingerprint density at radius 2 is 2.29 bits per heavy atom. The second-order valence-electron chi connectivity index (χ2n) is 4.66. The number of anilines is 1. The lowest BCUT2D eigenvalue weighted by Gasteiger charge is -2.14. The summed E-state index contributed by atoms with van der Waals surface area (Å²) >= 11 is 0. The van der Waals surface area contributed by atoms with Crippen LogP contribution in [-0.2, 0) is 13.8 Å². The first-order valence-corrected chi connectivity index (χ1v) is 7.76. The van der Waals surface area contributed by atoms with Gasteiger partial charge in [-0.3, -0.25) is 4.52 Å². The fourth-order valence-electron chi connectivity index (χ4n) is 2.26. The quantitative estimate of drug-likeness (QED) is 0.673. The summed E-state index contributed by atoms with van der Waals surface area (Å²) in [5.74, 6) is 0.339. The first-order valence-electron chi connectivity index (χ1n) is 6.23. The number of nitrogen functional groups attached to an aromatic ring is 1. The number of ether oxygens (including phenoxy) is 1. The van der Waals surface area contributed by atoms with E-state index in [1.807, 2.05) is 0 Å². The standard InChI is InChI=1S/C10H14N5O5P/c11-9-7-3-14-15(10(7)13-5-12-9)8-2-1-6(20-8)4-19-21(16,17)18/h3,5-6,8H,1-2,4H2,(H2,11,12,13)(H2,16,17,18)/t6-,8+/m0/s1. The number of phosphoric ester groups is 1. The Bertz CT molecular complexity index is 700. The highest BCUT2D eigenvalue weighted by atomic mass is 31.2. The Morgan fingerprint density at radius 1 is 1.48 bits per heavy atom. The molecule has 0 spiro atoms. The smallest absolute Gasteiger partial charge is 0.383 e. The van der Waals surface area contributed by atoms with E-state index in [9.17, 15) is 4.57 Å². The number of nitrogens with two attached hydrogens (primary N) is 1. The number of nitrogens with zero attached hydrogens (tertiary/aromatic N) is 4. The fraction of sp³-hybridized carbons (Fsp3) is 0.500. The van der Waals surface area contributed by atoms with Gasteiger partial charge in [0.25, 0.3) is 0 Å². The molecule has 3 rings (SSSR count). The summed E-state index contributed by atoms with van der Waals surface area (Å²) in [6.45, 7) is -0.170. The maximum atomic E-state index is 10.7. The molecule has 3 heterocycles. The van der Waals surface area contributed by atoms with Gasteiger partial charge in [-0.05, 0) is 12.8 Å². The molecule has 0 bridgehead atoms. The van der Waals surface area contributed by atoms with Gasteiger partial charge in [0.1, 0.15) is 12.1 Å². The monoisotopic (exact) mass is 315 g/mol. The molecule has 1 fully saturated rings. The highest BCUT2D eigenvalue weighted by molar-refractivity contribution is 7.46. The Labute approximate surface area is 119 Å². The number of phosphoric acid groups is 1. The van der Waals surface area contributed by atoms with Crippen LogP contribution in [0.15, 0.2) is 12.5 Å². The first kappa shape index (κ1) is 14.4. The van der Waals surface area contributed by atoms with Crippen molar-refractivity contribution in [2.45, 2.75) is 25.2 Å². The number of rotatable bonds is 4. The van der Waals surface area contributed by atoms with Gasteiger partial charge < -0.3 is 20.3 Å². The molecule has 4 N–H and O–H groups in total. The summed E-state index contributed by atoms with van der Waals surface area (Å²) in [6, 6.07) is 0. The van der Waals surface area contributed by atoms with Crippen molar-refractivity contribution in [3.8, 4) is 0 Å². The zero-order valence-electron chi connectivity index (χ0n) is 10.9. The predicted molar refractivity (Wildman–Crippen MR) is 70.9 cm³/mol. The van der Waals surface area contributed by atoms with Crippen LogP contribution in [0.4, 0.5) is 5.82 Å². The first-order chi connectivity index (χ1) is 9.94. The SMILES string of the molecule is Nc1ncnc2c1cnn2[C@H]1CC[C@@H](COP(=O)(O)O)O1. The van der Waals surface area contributed by atoms with Crippen LogP contribution in [-0.4, -0.2) is 42.2 Å². The van der Waals surface area contributed by atoms with Crippen molar-refractivity contribution in [3.05, 3.63) is 12.5 Å². The van der Waals surface area contributed by atoms with E-state index in [0.29, 0.717) is 29.7 Å². The van der Waals surface area contributed by atoms with Gasteiger partial charge in [-0.15, -0.1) is 0 Å². The van der Waals surface area contributed by atoms with Crippen LogP contribution in [0.2, 0.25) is 0 Å². The van der Waals surface area contributed by atoms with Gasteiger partial charge in [-0.25, -0.2) is 19.2 Å². The van der Waals surface area contributed by atoms with Crippen LogP contribution in [0.25, 0.3) is 11.0 Å². The van der Waals surface area contributed by atoms with Crippen molar-refractivity contribution >= 4 is 24.7 Å². The Kier molecular flexibility index (Phi) is 3.64. The predicted octanol–water partition coefficient (Wildman–Crippen LogP) is 0.195. The minimum Gasteiger partial charge on any atom is -0.383 e. The lowest BCUT2D eigenvalue weighted by Crippen LogP contribution is -2.17. The molecule has 1 saturated heterocycles. The van der Waals surface area contributed by atoms with E-state index in [1.165, 1.54) is 6.33 Å². The molecule has 2 aromatic heterocycles. The summed E-state index contributed by atoms with van der Waals surface area (Å²) < 4.78 is 22.4. The molecule has 0 amide bonds. The minimum absolute atomic E-state index is 0.170. The van der Waals surface area contributed by atoms with Gasteiger partial charge in [0.15, 0.2) is 11.9 Å². The average Bonchev–Trinajstić information content (AvgIpc) is 3.02. The Hall–Kier alpha value is -1.58. The van der Waals surface area contributed by atoms with E-state index < -0.39 is 13.9 Å². The van der Waals surface area contributed by atoms with Crippen molar-refractivity contribution in [1.29, 1.82) is 0 Å². The molecule has 0 saturated carbocycles. The summed E-state index contributed by atoms with van der Waals surface area (Å²) in [5.41, 5.74) is 6.30. The van der Waals surface area contributed by atoms with Crippen LogP contribution in [0.5, 0.6) is 0 Å². The van der Waals surface area contributed by atoms with Gasteiger partial charge in [-0.1, -0.05) is 0 Å². The highest BCUT2D eigenvalue weighted by Crippen LogP contribution is 2.38. The fourth-order valence-corrected chi connectivity index (χ4v) is 2.62. The second-order valence-corrected chi connectivity index (χ2v) is 5.90. The van der Waals surface area contributed by atoms with Crippen molar-refractivity contribution < 1.29 is 23.6 Å². The van der Waals surface area contributed by atoms with Gasteiger partial charge >= 0.3 is 7.82 Å². The second kappa shape index (κ2) is 5.32. The molecule has 114 valence electrons. The molecule has 0 radical (unpaired) electrons. The van der Waals surface area contributed by atoms with E-state index in [2.05, 4.69) is 19.6 Å². The largest absolute Gasteiger partial charge is 0.469 e. The number of hydrogen-bond donors (Lipinski definition) is 3. The van der Waals surface area contributed by atoms with Crippen molar-refractivity contribution in [2.24, 2.45) is 0 Å². The minimum atomic E-state index is -4.48. The summed E-state index contributed by atoms with van der Waals surface area (Å²) in [4.78, 5) is 25.4. The van der Waals surface area contributed by atoms with Crippen LogP contribution in [0.1, 0.15) is 19.1 Å². The number of aromatic nitrogens is 4. The normalized spacial score (nSPS) is 23.0. The van der Waals surface area contributed by atoms with Gasteiger partial charge in [-0.2, -0.15) is 5.10 Å². The van der Waals surface area contributed by atoms with Crippen LogP contribution in [0.3, 0.4) is 0 Å². The van der Waals surface area contributed by atoms with Crippen molar-refractivity contribution in [2.75, 3.05) is 12.3 Å². The maximum absolute atomic E-state index is 10.7. The lowest BCUT2D eigenvalue weighted by atomic mass is 10.2. The summed E-state index contributed by atoms with van der Waals surface area (Å²) in [6.07, 6.45) is 3.37. The molecule has 1 aliphatic heterocycles. The third kappa shape index (κ3) is 3.04. The van der Waals surface area contributed by atoms with Gasteiger partial charge in [0.05, 0.1) is 24.3 Å². The number of fused-ring (bicyclic) bond motifs is 1. The maximum Gasteiger partial charge on any atom is 0.469 e. The van der Waals surface area contributed by atoms with Crippen molar-refractivity contribution in [1.82, 2.24) is 19.7 Å². The van der Waals surface area contributed by atoms with Crippen LogP contribution < -0.4 is 5.73 Å². The highest BCUT2D eigenvalue weighted by Gasteiger charge is 2.30.